The summed E-state index contributed by atoms with van der Waals surface area (Å²) < 4.78 is 0. The predicted octanol–water partition coefficient (Wildman–Crippen LogP) is 4.04. The van der Waals surface area contributed by atoms with E-state index >= 15 is 0 Å². The fourth-order valence-electron chi connectivity index (χ4n) is 3.59. The third kappa shape index (κ3) is 3.61. The van der Waals surface area contributed by atoms with Crippen molar-refractivity contribution >= 4 is 11.6 Å². The standard InChI is InChI=1S/C18H29ClN2/c1-5-18(3,21-10-6-7-11-21)17(20-4)13-15-9-8-14(2)12-16(15)19/h8-9,12,17,20H,5-7,10-11,13H2,1-4H3. The Kier molecular flexibility index (Phi) is 5.70. The summed E-state index contributed by atoms with van der Waals surface area (Å²) in [5, 5.41) is 4.46. The van der Waals surface area contributed by atoms with Gasteiger partial charge in [0, 0.05) is 16.6 Å². The van der Waals surface area contributed by atoms with E-state index in [9.17, 15) is 0 Å². The molecule has 0 bridgehead atoms. The molecule has 118 valence electrons. The van der Waals surface area contributed by atoms with Gasteiger partial charge in [-0.05, 0) is 76.9 Å². The third-order valence-corrected chi connectivity index (χ3v) is 5.63. The maximum absolute atomic E-state index is 6.44. The molecule has 1 aliphatic rings. The van der Waals surface area contributed by atoms with E-state index in [0.29, 0.717) is 6.04 Å². The molecule has 2 rings (SSSR count). The van der Waals surface area contributed by atoms with Crippen molar-refractivity contribution in [1.29, 1.82) is 0 Å². The van der Waals surface area contributed by atoms with Crippen molar-refractivity contribution in [2.75, 3.05) is 20.1 Å². The molecule has 1 aliphatic heterocycles. The zero-order valence-electron chi connectivity index (χ0n) is 13.9. The molecule has 0 spiro atoms. The second kappa shape index (κ2) is 7.13. The van der Waals surface area contributed by atoms with Crippen LogP contribution < -0.4 is 5.32 Å². The first-order valence-electron chi connectivity index (χ1n) is 8.18. The van der Waals surface area contributed by atoms with E-state index in [1.807, 2.05) is 0 Å². The Morgan fingerprint density at radius 1 is 1.33 bits per heavy atom. The predicted molar refractivity (Wildman–Crippen MR) is 92.2 cm³/mol. The van der Waals surface area contributed by atoms with Crippen LogP contribution >= 0.6 is 11.6 Å². The Morgan fingerprint density at radius 2 is 2.00 bits per heavy atom. The Hall–Kier alpha value is -0.570. The minimum atomic E-state index is 0.194. The maximum atomic E-state index is 6.44. The molecule has 1 N–H and O–H groups in total. The summed E-state index contributed by atoms with van der Waals surface area (Å²) in [5.74, 6) is 0. The molecule has 1 fully saturated rings. The number of likely N-dealkylation sites (tertiary alicyclic amines) is 1. The third-order valence-electron chi connectivity index (χ3n) is 5.28. The SMILES string of the molecule is CCC(C)(C(Cc1ccc(C)cc1Cl)NC)N1CCCC1. The molecule has 0 saturated carbocycles. The van der Waals surface area contributed by atoms with Crippen molar-refractivity contribution < 1.29 is 0 Å². The average Bonchev–Trinajstić information content (AvgIpc) is 3.00. The van der Waals surface area contributed by atoms with Crippen molar-refractivity contribution in [3.05, 3.63) is 34.3 Å². The van der Waals surface area contributed by atoms with Crippen LogP contribution in [0.2, 0.25) is 5.02 Å². The Balaban J connectivity index is 2.20. The van der Waals surface area contributed by atoms with Gasteiger partial charge < -0.3 is 5.32 Å². The fraction of sp³-hybridized carbons (Fsp3) is 0.667. The van der Waals surface area contributed by atoms with Crippen molar-refractivity contribution in [3.8, 4) is 0 Å². The van der Waals surface area contributed by atoms with Gasteiger partial charge in [-0.1, -0.05) is 30.7 Å². The first-order chi connectivity index (χ1) is 10.0. The minimum absolute atomic E-state index is 0.194. The fourth-order valence-corrected chi connectivity index (χ4v) is 3.90. The molecule has 1 aromatic carbocycles. The summed E-state index contributed by atoms with van der Waals surface area (Å²) in [4.78, 5) is 2.66. The van der Waals surface area contributed by atoms with E-state index in [2.05, 4.69) is 56.2 Å². The maximum Gasteiger partial charge on any atom is 0.0441 e. The van der Waals surface area contributed by atoms with Gasteiger partial charge in [-0.15, -0.1) is 0 Å². The second-order valence-electron chi connectivity index (χ2n) is 6.55. The molecule has 3 heteroatoms. The van der Waals surface area contributed by atoms with Gasteiger partial charge in [-0.25, -0.2) is 0 Å². The van der Waals surface area contributed by atoms with Crippen LogP contribution in [-0.2, 0) is 6.42 Å². The van der Waals surface area contributed by atoms with Crippen LogP contribution in [0, 0.1) is 6.92 Å². The first-order valence-corrected chi connectivity index (χ1v) is 8.56. The highest BCUT2D eigenvalue weighted by atomic mass is 35.5. The monoisotopic (exact) mass is 308 g/mol. The summed E-state index contributed by atoms with van der Waals surface area (Å²) in [6.07, 6.45) is 4.80. The van der Waals surface area contributed by atoms with Crippen molar-refractivity contribution in [2.24, 2.45) is 0 Å². The van der Waals surface area contributed by atoms with Gasteiger partial charge in [0.15, 0.2) is 0 Å². The highest BCUT2D eigenvalue weighted by Gasteiger charge is 2.38. The highest BCUT2D eigenvalue weighted by Crippen LogP contribution is 2.31. The van der Waals surface area contributed by atoms with Crippen LogP contribution in [0.15, 0.2) is 18.2 Å². The van der Waals surface area contributed by atoms with E-state index in [-0.39, 0.29) is 5.54 Å². The first kappa shape index (κ1) is 16.8. The molecule has 21 heavy (non-hydrogen) atoms. The number of hydrogen-bond donors (Lipinski definition) is 1. The van der Waals surface area contributed by atoms with E-state index < -0.39 is 0 Å². The number of rotatable bonds is 6. The number of hydrogen-bond acceptors (Lipinski definition) is 2. The number of nitrogens with one attached hydrogen (secondary N) is 1. The molecule has 1 saturated heterocycles. The van der Waals surface area contributed by atoms with Crippen LogP contribution in [0.3, 0.4) is 0 Å². The number of benzene rings is 1. The Morgan fingerprint density at radius 3 is 2.52 bits per heavy atom. The molecular formula is C18H29ClN2. The van der Waals surface area contributed by atoms with Gasteiger partial charge in [0.05, 0.1) is 0 Å². The van der Waals surface area contributed by atoms with Gasteiger partial charge >= 0.3 is 0 Å². The molecule has 0 aromatic heterocycles. The number of nitrogens with zero attached hydrogens (tertiary/aromatic N) is 1. The molecule has 0 amide bonds. The topological polar surface area (TPSA) is 15.3 Å². The minimum Gasteiger partial charge on any atom is -0.315 e. The van der Waals surface area contributed by atoms with Gasteiger partial charge in [-0.2, -0.15) is 0 Å². The van der Waals surface area contributed by atoms with Gasteiger partial charge in [-0.3, -0.25) is 4.90 Å². The van der Waals surface area contributed by atoms with E-state index in [1.165, 1.54) is 37.1 Å². The van der Waals surface area contributed by atoms with Crippen LogP contribution in [0.4, 0.5) is 0 Å². The van der Waals surface area contributed by atoms with Crippen molar-refractivity contribution in [2.45, 2.75) is 58.0 Å². The Bertz CT molecular complexity index is 468. The lowest BCUT2D eigenvalue weighted by molar-refractivity contribution is 0.0873. The molecule has 0 radical (unpaired) electrons. The average molecular weight is 309 g/mol. The molecule has 0 aliphatic carbocycles. The smallest absolute Gasteiger partial charge is 0.0441 e. The second-order valence-corrected chi connectivity index (χ2v) is 6.95. The normalized spacial score (nSPS) is 20.4. The summed E-state index contributed by atoms with van der Waals surface area (Å²) in [6, 6.07) is 6.83. The van der Waals surface area contributed by atoms with E-state index in [1.54, 1.807) is 0 Å². The summed E-state index contributed by atoms with van der Waals surface area (Å²) in [7, 11) is 2.08. The van der Waals surface area contributed by atoms with Gasteiger partial charge in [0.2, 0.25) is 0 Å². The summed E-state index contributed by atoms with van der Waals surface area (Å²) in [6.45, 7) is 9.25. The number of halogens is 1. The van der Waals surface area contributed by atoms with Crippen LogP contribution in [-0.4, -0.2) is 36.6 Å². The summed E-state index contributed by atoms with van der Waals surface area (Å²) in [5.41, 5.74) is 2.67. The van der Waals surface area contributed by atoms with Crippen molar-refractivity contribution in [1.82, 2.24) is 10.2 Å². The quantitative estimate of drug-likeness (QED) is 0.853. The van der Waals surface area contributed by atoms with Crippen LogP contribution in [0.25, 0.3) is 0 Å². The molecule has 1 heterocycles. The van der Waals surface area contributed by atoms with Gasteiger partial charge in [0.25, 0.3) is 0 Å². The molecule has 2 unspecified atom stereocenters. The van der Waals surface area contributed by atoms with Gasteiger partial charge in [0.1, 0.15) is 0 Å². The van der Waals surface area contributed by atoms with E-state index in [4.69, 9.17) is 11.6 Å². The lowest BCUT2D eigenvalue weighted by Crippen LogP contribution is -2.58. The molecule has 1 aromatic rings. The molecular weight excluding hydrogens is 280 g/mol. The van der Waals surface area contributed by atoms with Crippen LogP contribution in [0.1, 0.15) is 44.2 Å². The van der Waals surface area contributed by atoms with E-state index in [0.717, 1.165) is 17.9 Å². The molecule has 2 nitrogen and oxygen atoms in total. The Labute approximate surface area is 134 Å². The lowest BCUT2D eigenvalue weighted by Gasteiger charge is -2.44. The lowest BCUT2D eigenvalue weighted by atomic mass is 9.83. The number of likely N-dealkylation sites (N-methyl/N-ethyl adjacent to an activating group) is 1. The summed E-state index contributed by atoms with van der Waals surface area (Å²) >= 11 is 6.44. The largest absolute Gasteiger partial charge is 0.315 e. The zero-order chi connectivity index (χ0) is 15.5. The molecule has 2 atom stereocenters. The highest BCUT2D eigenvalue weighted by molar-refractivity contribution is 6.31. The zero-order valence-corrected chi connectivity index (χ0v) is 14.6. The van der Waals surface area contributed by atoms with Crippen LogP contribution in [0.5, 0.6) is 0 Å². The van der Waals surface area contributed by atoms with Crippen molar-refractivity contribution in [3.63, 3.8) is 0 Å². The number of aryl methyl sites for hydroxylation is 1.